The van der Waals surface area contributed by atoms with E-state index in [1.165, 1.54) is 0 Å². The van der Waals surface area contributed by atoms with Crippen molar-refractivity contribution in [2.24, 2.45) is 0 Å². The van der Waals surface area contributed by atoms with E-state index in [4.69, 9.17) is 0 Å². The zero-order valence-corrected chi connectivity index (χ0v) is 11.6. The monoisotopic (exact) mass is 268 g/mol. The average molecular weight is 268 g/mol. The van der Waals surface area contributed by atoms with E-state index >= 15 is 0 Å². The van der Waals surface area contributed by atoms with E-state index in [0.29, 0.717) is 12.3 Å². The Bertz CT molecular complexity index is 179. The van der Waals surface area contributed by atoms with Gasteiger partial charge in [0.15, 0.2) is 0 Å². The Balaban J connectivity index is 2.77. The summed E-state index contributed by atoms with van der Waals surface area (Å²) in [6, 6.07) is 0. The fraction of sp³-hybridized carbons (Fsp3) is 1.00. The van der Waals surface area contributed by atoms with Gasteiger partial charge in [0.2, 0.25) is 0 Å². The number of aliphatic hydroxyl groups is 4. The summed E-state index contributed by atoms with van der Waals surface area (Å²) in [4.78, 5) is 0. The van der Waals surface area contributed by atoms with Crippen LogP contribution < -0.4 is 0 Å². The highest BCUT2D eigenvalue weighted by Gasteiger charge is 2.47. The first kappa shape index (κ1) is 14.8. The van der Waals surface area contributed by atoms with Crippen molar-refractivity contribution in [3.63, 3.8) is 0 Å². The molecule has 0 radical (unpaired) electrons. The highest BCUT2D eigenvalue weighted by atomic mass is 31.1. The van der Waals surface area contributed by atoms with E-state index in [1.807, 2.05) is 13.8 Å². The third-order valence-corrected chi connectivity index (χ3v) is 9.10. The molecule has 1 aliphatic heterocycles. The Labute approximate surface area is 99.2 Å². The molecule has 0 saturated carbocycles. The predicted molar refractivity (Wildman–Crippen MR) is 68.2 cm³/mol. The average Bonchev–Trinajstić information content (AvgIpc) is 2.28. The molecule has 0 aromatic rings. The van der Waals surface area contributed by atoms with Gasteiger partial charge in [0.05, 0.1) is 0 Å². The molecule has 0 aliphatic carbocycles. The van der Waals surface area contributed by atoms with Crippen LogP contribution in [0.4, 0.5) is 0 Å². The van der Waals surface area contributed by atoms with E-state index in [2.05, 4.69) is 0 Å². The second-order valence-corrected chi connectivity index (χ2v) is 9.20. The van der Waals surface area contributed by atoms with Gasteiger partial charge in [0.25, 0.3) is 0 Å². The molecule has 1 heterocycles. The van der Waals surface area contributed by atoms with Gasteiger partial charge in [-0.2, -0.15) is 0 Å². The topological polar surface area (TPSA) is 80.9 Å². The third kappa shape index (κ3) is 2.93. The van der Waals surface area contributed by atoms with Crippen molar-refractivity contribution in [3.8, 4) is 0 Å². The molecule has 1 fully saturated rings. The van der Waals surface area contributed by atoms with Crippen LogP contribution in [0.3, 0.4) is 0 Å². The van der Waals surface area contributed by atoms with Crippen molar-refractivity contribution in [3.05, 3.63) is 0 Å². The Kier molecular flexibility index (Phi) is 6.07. The SMILES string of the molecule is CCCP1C(O)C(O)P(CCC)C(O)C1O. The Morgan fingerprint density at radius 3 is 1.12 bits per heavy atom. The molecule has 4 N–H and O–H groups in total. The van der Waals surface area contributed by atoms with Crippen LogP contribution in [0.1, 0.15) is 26.7 Å². The first-order chi connectivity index (χ1) is 7.54. The Morgan fingerprint density at radius 1 is 0.688 bits per heavy atom. The van der Waals surface area contributed by atoms with Crippen LogP contribution in [0.5, 0.6) is 0 Å². The summed E-state index contributed by atoms with van der Waals surface area (Å²) in [6.45, 7) is 3.95. The lowest BCUT2D eigenvalue weighted by Crippen LogP contribution is -2.41. The molecule has 0 aromatic heterocycles. The van der Waals surface area contributed by atoms with Gasteiger partial charge in [-0.25, -0.2) is 0 Å². The van der Waals surface area contributed by atoms with Gasteiger partial charge in [-0.3, -0.25) is 0 Å². The maximum absolute atomic E-state index is 9.98. The molecule has 4 nitrogen and oxygen atoms in total. The summed E-state index contributed by atoms with van der Waals surface area (Å²) in [5, 5.41) is 39.9. The van der Waals surface area contributed by atoms with Gasteiger partial charge >= 0.3 is 0 Å². The summed E-state index contributed by atoms with van der Waals surface area (Å²) in [7, 11) is -2.17. The van der Waals surface area contributed by atoms with Crippen LogP contribution in [-0.2, 0) is 0 Å². The summed E-state index contributed by atoms with van der Waals surface area (Å²) < 4.78 is 0. The van der Waals surface area contributed by atoms with E-state index < -0.39 is 39.2 Å². The van der Waals surface area contributed by atoms with E-state index in [9.17, 15) is 20.4 Å². The minimum atomic E-state index is -1.08. The van der Waals surface area contributed by atoms with Crippen LogP contribution in [0.15, 0.2) is 0 Å². The molecule has 1 saturated heterocycles. The lowest BCUT2D eigenvalue weighted by molar-refractivity contribution is 0.0781. The van der Waals surface area contributed by atoms with Gasteiger partial charge in [-0.1, -0.05) is 26.7 Å². The zero-order chi connectivity index (χ0) is 12.3. The summed E-state index contributed by atoms with van der Waals surface area (Å²) in [6.07, 6.45) is 3.10. The standard InChI is InChI=1S/C10H22O4P2/c1-3-5-15-7(11)9(13)16(6-4-2)10(14)8(15)12/h7-14H,3-6H2,1-2H3. The molecule has 96 valence electrons. The van der Waals surface area contributed by atoms with Gasteiger partial charge in [0, 0.05) is 0 Å². The molecule has 4 unspecified atom stereocenters. The quantitative estimate of drug-likeness (QED) is 0.575. The number of hydrogen-bond acceptors (Lipinski definition) is 4. The minimum absolute atomic E-state index is 0.696. The molecule has 16 heavy (non-hydrogen) atoms. The van der Waals surface area contributed by atoms with Crippen molar-refractivity contribution in [2.45, 2.75) is 50.1 Å². The molecule has 1 aliphatic rings. The van der Waals surface area contributed by atoms with Crippen LogP contribution in [0.2, 0.25) is 0 Å². The zero-order valence-electron chi connectivity index (χ0n) is 9.82. The van der Waals surface area contributed by atoms with Crippen LogP contribution in [0, 0.1) is 0 Å². The molecule has 4 atom stereocenters. The van der Waals surface area contributed by atoms with Gasteiger partial charge in [-0.15, -0.1) is 0 Å². The van der Waals surface area contributed by atoms with E-state index in [-0.39, 0.29) is 0 Å². The van der Waals surface area contributed by atoms with Crippen molar-refractivity contribution in [1.29, 1.82) is 0 Å². The van der Waals surface area contributed by atoms with Crippen LogP contribution in [-0.4, -0.2) is 56.1 Å². The molecule has 6 heteroatoms. The summed E-state index contributed by atoms with van der Waals surface area (Å²) in [5.74, 6) is -3.31. The number of aliphatic hydroxyl groups excluding tert-OH is 4. The summed E-state index contributed by atoms with van der Waals surface area (Å²) in [5.41, 5.74) is 0. The second kappa shape index (κ2) is 6.58. The number of rotatable bonds is 4. The predicted octanol–water partition coefficient (Wildman–Crippen LogP) is 1.06. The fourth-order valence-electron chi connectivity index (χ4n) is 2.04. The molecular formula is C10H22O4P2. The maximum Gasteiger partial charge on any atom is 0.105 e. The lowest BCUT2D eigenvalue weighted by Gasteiger charge is -2.44. The largest absolute Gasteiger partial charge is 0.385 e. The maximum atomic E-state index is 9.98. The smallest absolute Gasteiger partial charge is 0.105 e. The van der Waals surface area contributed by atoms with Crippen molar-refractivity contribution in [1.82, 2.24) is 0 Å². The van der Waals surface area contributed by atoms with Gasteiger partial charge < -0.3 is 20.4 Å². The highest BCUT2D eigenvalue weighted by molar-refractivity contribution is 7.66. The molecule has 1 rings (SSSR count). The van der Waals surface area contributed by atoms with Crippen molar-refractivity contribution >= 4 is 15.8 Å². The minimum Gasteiger partial charge on any atom is -0.385 e. The van der Waals surface area contributed by atoms with E-state index in [1.54, 1.807) is 0 Å². The van der Waals surface area contributed by atoms with Crippen molar-refractivity contribution < 1.29 is 20.4 Å². The lowest BCUT2D eigenvalue weighted by atomic mass is 10.6. The molecule has 0 amide bonds. The molecule has 0 spiro atoms. The normalized spacial score (nSPS) is 44.6. The number of hydrogen-bond donors (Lipinski definition) is 4. The first-order valence-corrected chi connectivity index (χ1v) is 9.11. The highest BCUT2D eigenvalue weighted by Crippen LogP contribution is 2.64. The van der Waals surface area contributed by atoms with Crippen molar-refractivity contribution in [2.75, 3.05) is 12.3 Å². The van der Waals surface area contributed by atoms with E-state index in [0.717, 1.165) is 12.8 Å². The first-order valence-electron chi connectivity index (χ1n) is 5.78. The Morgan fingerprint density at radius 2 is 0.938 bits per heavy atom. The molecule has 0 aromatic carbocycles. The van der Waals surface area contributed by atoms with Gasteiger partial charge in [0.1, 0.15) is 23.4 Å². The second-order valence-electron chi connectivity index (χ2n) is 4.13. The Hall–Kier alpha value is 0.700. The molecular weight excluding hydrogens is 246 g/mol. The summed E-state index contributed by atoms with van der Waals surface area (Å²) >= 11 is 0. The van der Waals surface area contributed by atoms with Gasteiger partial charge in [-0.05, 0) is 28.2 Å². The van der Waals surface area contributed by atoms with Crippen LogP contribution >= 0.6 is 15.8 Å². The third-order valence-electron chi connectivity index (χ3n) is 2.86. The molecule has 0 bridgehead atoms. The van der Waals surface area contributed by atoms with Crippen LogP contribution in [0.25, 0.3) is 0 Å². The fourth-order valence-corrected chi connectivity index (χ4v) is 8.19.